The van der Waals surface area contributed by atoms with E-state index in [1.807, 2.05) is 22.6 Å². The van der Waals surface area contributed by atoms with Crippen LogP contribution >= 0.6 is 22.6 Å². The summed E-state index contributed by atoms with van der Waals surface area (Å²) in [5.74, 6) is -0.0223. The minimum atomic E-state index is -3.90. The number of rotatable bonds is 3. The molecule has 0 aromatic heterocycles. The van der Waals surface area contributed by atoms with Crippen LogP contribution in [0.3, 0.4) is 0 Å². The summed E-state index contributed by atoms with van der Waals surface area (Å²) in [5, 5.41) is 2.17. The minimum absolute atomic E-state index is 0.0223. The van der Waals surface area contributed by atoms with Crippen molar-refractivity contribution < 1.29 is 17.8 Å². The van der Waals surface area contributed by atoms with Crippen molar-refractivity contribution in [1.29, 1.82) is 0 Å². The van der Waals surface area contributed by atoms with Crippen LogP contribution in [0.4, 0.5) is 0 Å². The molecule has 1 amide bonds. The van der Waals surface area contributed by atoms with Crippen LogP contribution in [-0.2, 0) is 14.9 Å². The fourth-order valence-corrected chi connectivity index (χ4v) is 2.86. The summed E-state index contributed by atoms with van der Waals surface area (Å²) in [4.78, 5) is 11.1. The van der Waals surface area contributed by atoms with E-state index in [0.717, 1.165) is 0 Å². The molecule has 0 radical (unpaired) electrons. The smallest absolute Gasteiger partial charge is 0.267 e. The molecule has 7 heteroatoms. The molecule has 1 aliphatic carbocycles. The predicted molar refractivity (Wildman–Crippen MR) is 64.6 cm³/mol. The Labute approximate surface area is 103 Å². The first-order valence-electron chi connectivity index (χ1n) is 4.75. The highest BCUT2D eigenvalue weighted by Crippen LogP contribution is 2.23. The van der Waals surface area contributed by atoms with Gasteiger partial charge < -0.3 is 5.32 Å². The van der Waals surface area contributed by atoms with Crippen molar-refractivity contribution in [3.63, 3.8) is 0 Å². The van der Waals surface area contributed by atoms with Crippen molar-refractivity contribution in [3.8, 4) is 0 Å². The zero-order chi connectivity index (χ0) is 11.5. The zero-order valence-electron chi connectivity index (χ0n) is 8.15. The Balaban J connectivity index is 2.40. The van der Waals surface area contributed by atoms with Gasteiger partial charge in [-0.3, -0.25) is 9.35 Å². The van der Waals surface area contributed by atoms with E-state index in [-0.39, 0.29) is 11.9 Å². The van der Waals surface area contributed by atoms with E-state index in [0.29, 0.717) is 30.1 Å². The Kier molecular flexibility index (Phi) is 4.78. The van der Waals surface area contributed by atoms with E-state index in [1.165, 1.54) is 0 Å². The number of nitrogens with one attached hydrogen (secondary N) is 1. The molecule has 0 spiro atoms. The van der Waals surface area contributed by atoms with Gasteiger partial charge in [-0.2, -0.15) is 8.42 Å². The third-order valence-corrected chi connectivity index (χ3v) is 4.59. The van der Waals surface area contributed by atoms with E-state index < -0.39 is 15.4 Å². The summed E-state index contributed by atoms with van der Waals surface area (Å²) in [6.07, 6.45) is 2.08. The third kappa shape index (κ3) is 4.23. The molecule has 88 valence electrons. The molecule has 0 saturated heterocycles. The molecule has 15 heavy (non-hydrogen) atoms. The van der Waals surface area contributed by atoms with Crippen LogP contribution in [0.15, 0.2) is 0 Å². The van der Waals surface area contributed by atoms with Crippen LogP contribution < -0.4 is 5.32 Å². The second kappa shape index (κ2) is 5.44. The monoisotopic (exact) mass is 347 g/mol. The first-order valence-corrected chi connectivity index (χ1v) is 7.78. The van der Waals surface area contributed by atoms with Gasteiger partial charge in [0, 0.05) is 6.04 Å². The summed E-state index contributed by atoms with van der Waals surface area (Å²) >= 11 is 1.98. The number of alkyl halides is 1. The molecule has 2 N–H and O–H groups in total. The van der Waals surface area contributed by atoms with Gasteiger partial charge in [0.25, 0.3) is 10.1 Å². The van der Waals surface area contributed by atoms with Gasteiger partial charge in [-0.05, 0) is 25.7 Å². The number of hydrogen-bond donors (Lipinski definition) is 2. The second-order valence-corrected chi connectivity index (χ2v) is 6.15. The predicted octanol–water partition coefficient (Wildman–Crippen LogP) is 0.737. The normalized spacial score (nSPS) is 27.3. The fraction of sp³-hybridized carbons (Fsp3) is 0.875. The van der Waals surface area contributed by atoms with Crippen molar-refractivity contribution in [1.82, 2.24) is 5.32 Å². The highest BCUT2D eigenvalue weighted by atomic mass is 127. The van der Waals surface area contributed by atoms with Gasteiger partial charge in [-0.1, -0.05) is 22.6 Å². The first kappa shape index (κ1) is 13.2. The van der Waals surface area contributed by atoms with Gasteiger partial charge in [-0.25, -0.2) is 0 Å². The molecule has 0 atom stereocenters. The third-order valence-electron chi connectivity index (χ3n) is 2.58. The summed E-state index contributed by atoms with van der Waals surface area (Å²) in [6, 6.07) is 0.0604. The average Bonchev–Trinajstić information content (AvgIpc) is 2.17. The van der Waals surface area contributed by atoms with Crippen LogP contribution in [0, 0.1) is 0 Å². The number of hydrogen-bond acceptors (Lipinski definition) is 3. The number of amides is 1. The Morgan fingerprint density at radius 2 is 1.87 bits per heavy atom. The Morgan fingerprint density at radius 3 is 2.27 bits per heavy atom. The highest BCUT2D eigenvalue weighted by molar-refractivity contribution is 14.1. The molecule has 1 saturated carbocycles. The van der Waals surface area contributed by atoms with Gasteiger partial charge >= 0.3 is 0 Å². The van der Waals surface area contributed by atoms with Crippen molar-refractivity contribution in [3.05, 3.63) is 0 Å². The van der Waals surface area contributed by atoms with Gasteiger partial charge in [0.15, 0.2) is 0 Å². The molecular formula is C8H14INO4S. The van der Waals surface area contributed by atoms with E-state index >= 15 is 0 Å². The minimum Gasteiger partial charge on any atom is -0.353 e. The quantitative estimate of drug-likeness (QED) is 0.448. The molecule has 0 unspecified atom stereocenters. The summed E-state index contributed by atoms with van der Waals surface area (Å²) < 4.78 is 30.9. The van der Waals surface area contributed by atoms with Crippen molar-refractivity contribution in [2.24, 2.45) is 0 Å². The zero-order valence-corrected chi connectivity index (χ0v) is 11.1. The van der Waals surface area contributed by atoms with Gasteiger partial charge in [-0.15, -0.1) is 0 Å². The molecule has 0 bridgehead atoms. The largest absolute Gasteiger partial charge is 0.353 e. The maximum Gasteiger partial charge on any atom is 0.267 e. The van der Waals surface area contributed by atoms with E-state index in [1.54, 1.807) is 0 Å². The van der Waals surface area contributed by atoms with E-state index in [2.05, 4.69) is 5.32 Å². The van der Waals surface area contributed by atoms with Gasteiger partial charge in [0.2, 0.25) is 5.91 Å². The number of halogens is 1. The maximum atomic E-state index is 11.1. The lowest BCUT2D eigenvalue weighted by molar-refractivity contribution is -0.119. The van der Waals surface area contributed by atoms with Crippen molar-refractivity contribution in [2.45, 2.75) is 37.0 Å². The number of carbonyl (C=O) groups is 1. The Morgan fingerprint density at radius 1 is 1.33 bits per heavy atom. The lowest BCUT2D eigenvalue weighted by Gasteiger charge is -2.27. The lowest BCUT2D eigenvalue weighted by atomic mass is 9.95. The summed E-state index contributed by atoms with van der Waals surface area (Å²) in [7, 11) is -3.90. The molecule has 0 aromatic rings. The Hall–Kier alpha value is 0.110. The lowest BCUT2D eigenvalue weighted by Crippen LogP contribution is -2.40. The molecule has 1 aliphatic rings. The molecule has 0 aliphatic heterocycles. The van der Waals surface area contributed by atoms with Gasteiger partial charge in [0.1, 0.15) is 0 Å². The number of carbonyl (C=O) groups excluding carboxylic acids is 1. The van der Waals surface area contributed by atoms with Crippen LogP contribution in [0.25, 0.3) is 0 Å². The van der Waals surface area contributed by atoms with Gasteiger partial charge in [0.05, 0.1) is 9.68 Å². The molecule has 0 heterocycles. The maximum absolute atomic E-state index is 11.1. The first-order chi connectivity index (χ1) is 6.93. The summed E-state index contributed by atoms with van der Waals surface area (Å²) in [5.41, 5.74) is 0. The second-order valence-electron chi connectivity index (χ2n) is 3.69. The van der Waals surface area contributed by atoms with Crippen LogP contribution in [0.1, 0.15) is 25.7 Å². The topological polar surface area (TPSA) is 83.5 Å². The van der Waals surface area contributed by atoms with Crippen LogP contribution in [0.5, 0.6) is 0 Å². The molecule has 1 rings (SSSR count). The standard InChI is InChI=1S/C8H14INO4S/c9-5-8(11)10-6-1-3-7(4-2-6)15(12,13)14/h6-7H,1-5H2,(H,10,11)(H,12,13,14). The summed E-state index contributed by atoms with van der Waals surface area (Å²) in [6.45, 7) is 0. The molecule has 5 nitrogen and oxygen atoms in total. The van der Waals surface area contributed by atoms with Crippen LogP contribution in [0.2, 0.25) is 0 Å². The van der Waals surface area contributed by atoms with E-state index in [9.17, 15) is 13.2 Å². The fourth-order valence-electron chi connectivity index (χ4n) is 1.77. The SMILES string of the molecule is O=C(CI)NC1CCC(S(=O)(=O)O)CC1. The highest BCUT2D eigenvalue weighted by Gasteiger charge is 2.29. The van der Waals surface area contributed by atoms with E-state index in [4.69, 9.17) is 4.55 Å². The molecule has 0 aromatic carbocycles. The average molecular weight is 347 g/mol. The molecular weight excluding hydrogens is 333 g/mol. The molecule has 1 fully saturated rings. The van der Waals surface area contributed by atoms with Crippen LogP contribution in [-0.4, -0.2) is 34.6 Å². The Bertz CT molecular complexity index is 322. The van der Waals surface area contributed by atoms with Crippen molar-refractivity contribution in [2.75, 3.05) is 4.43 Å². The van der Waals surface area contributed by atoms with Crippen molar-refractivity contribution >= 4 is 38.6 Å².